The number of hydrogen-bond acceptors (Lipinski definition) is 7. The molecule has 0 bridgehead atoms. The van der Waals surface area contributed by atoms with Crippen LogP contribution < -0.4 is 11.3 Å². The van der Waals surface area contributed by atoms with E-state index >= 15 is 0 Å². The summed E-state index contributed by atoms with van der Waals surface area (Å²) in [6.45, 7) is 1.76. The van der Waals surface area contributed by atoms with Gasteiger partial charge in [0.1, 0.15) is 11.4 Å². The van der Waals surface area contributed by atoms with E-state index in [2.05, 4.69) is 4.98 Å². The molecule has 28 heavy (non-hydrogen) atoms. The Hall–Kier alpha value is -3.23. The number of nitrogens with zero attached hydrogens (tertiary/aromatic N) is 2. The molecule has 2 aliphatic rings. The van der Waals surface area contributed by atoms with Crippen LogP contribution in [0.3, 0.4) is 0 Å². The third-order valence-electron chi connectivity index (χ3n) is 5.61. The van der Waals surface area contributed by atoms with Crippen molar-refractivity contribution < 1.29 is 19.7 Å². The normalized spacial score (nSPS) is 22.5. The molecule has 0 saturated heterocycles. The van der Waals surface area contributed by atoms with Crippen LogP contribution in [0.1, 0.15) is 36.3 Å². The summed E-state index contributed by atoms with van der Waals surface area (Å²) in [6, 6.07) is 9.40. The van der Waals surface area contributed by atoms with Gasteiger partial charge in [0.25, 0.3) is 5.56 Å². The van der Waals surface area contributed by atoms with E-state index in [1.54, 1.807) is 6.92 Å². The predicted octanol–water partition coefficient (Wildman–Crippen LogP) is 1.24. The maximum absolute atomic E-state index is 13.2. The highest BCUT2D eigenvalue weighted by atomic mass is 16.6. The molecule has 0 spiro atoms. The standard InChI is InChI=1S/C20H17N3O5/c1-2-20(27)13-12(17(21)28-19(20)26)18(25)23-8-10-7-9-5-3-4-6-11(9)22-14(10)15(23)16(13)24/h3-7,17,24,27H,2,8,21H2,1H3/t17?,20-/m0/s1. The smallest absolute Gasteiger partial charge is 0.344 e. The minimum absolute atomic E-state index is 0.0833. The van der Waals surface area contributed by atoms with Gasteiger partial charge in [-0.2, -0.15) is 0 Å². The average Bonchev–Trinajstić information content (AvgIpc) is 3.06. The zero-order valence-corrected chi connectivity index (χ0v) is 15.0. The van der Waals surface area contributed by atoms with Gasteiger partial charge < -0.3 is 14.9 Å². The number of benzene rings is 1. The van der Waals surface area contributed by atoms with Crippen LogP contribution in [0.5, 0.6) is 5.75 Å². The highest BCUT2D eigenvalue weighted by Crippen LogP contribution is 2.47. The Balaban J connectivity index is 1.89. The van der Waals surface area contributed by atoms with E-state index in [4.69, 9.17) is 10.5 Å². The zero-order valence-electron chi connectivity index (χ0n) is 15.0. The molecule has 3 aromatic rings. The van der Waals surface area contributed by atoms with Gasteiger partial charge in [-0.1, -0.05) is 25.1 Å². The first-order valence-corrected chi connectivity index (χ1v) is 8.95. The minimum Gasteiger partial charge on any atom is -0.505 e. The van der Waals surface area contributed by atoms with Crippen molar-refractivity contribution in [3.05, 3.63) is 57.4 Å². The number of cyclic esters (lactones) is 1. The van der Waals surface area contributed by atoms with Gasteiger partial charge in [-0.3, -0.25) is 15.1 Å². The van der Waals surface area contributed by atoms with Crippen molar-refractivity contribution in [3.8, 4) is 17.1 Å². The highest BCUT2D eigenvalue weighted by Gasteiger charge is 2.50. The van der Waals surface area contributed by atoms with Gasteiger partial charge in [0.2, 0.25) is 0 Å². The summed E-state index contributed by atoms with van der Waals surface area (Å²) >= 11 is 0. The fourth-order valence-corrected chi connectivity index (χ4v) is 4.15. The predicted molar refractivity (Wildman–Crippen MR) is 99.4 cm³/mol. The lowest BCUT2D eigenvalue weighted by atomic mass is 9.84. The number of nitrogens with two attached hydrogens (primary N) is 1. The average molecular weight is 379 g/mol. The molecular formula is C20H17N3O5. The number of esters is 1. The van der Waals surface area contributed by atoms with Gasteiger partial charge >= 0.3 is 5.97 Å². The van der Waals surface area contributed by atoms with E-state index in [1.165, 1.54) is 4.57 Å². The molecular weight excluding hydrogens is 362 g/mol. The quantitative estimate of drug-likeness (QED) is 0.425. The number of rotatable bonds is 1. The number of aromatic nitrogens is 2. The summed E-state index contributed by atoms with van der Waals surface area (Å²) < 4.78 is 6.36. The summed E-state index contributed by atoms with van der Waals surface area (Å²) in [5.41, 5.74) is 5.00. The molecule has 8 heteroatoms. The molecule has 1 unspecified atom stereocenters. The molecule has 4 N–H and O–H groups in total. The largest absolute Gasteiger partial charge is 0.505 e. The molecule has 2 aromatic heterocycles. The Kier molecular flexibility index (Phi) is 3.26. The third-order valence-corrected chi connectivity index (χ3v) is 5.61. The zero-order chi connectivity index (χ0) is 19.8. The van der Waals surface area contributed by atoms with E-state index in [-0.39, 0.29) is 35.5 Å². The third kappa shape index (κ3) is 1.93. The Morgan fingerprint density at radius 3 is 2.86 bits per heavy atom. The number of fused-ring (bicyclic) bond motifs is 5. The van der Waals surface area contributed by atoms with E-state index in [1.807, 2.05) is 30.3 Å². The van der Waals surface area contributed by atoms with E-state index in [9.17, 15) is 19.8 Å². The molecule has 4 heterocycles. The molecule has 0 aliphatic carbocycles. The molecule has 0 amide bonds. The van der Waals surface area contributed by atoms with Crippen molar-refractivity contribution in [2.24, 2.45) is 5.73 Å². The molecule has 0 saturated carbocycles. The number of hydrogen-bond donors (Lipinski definition) is 3. The molecule has 2 aliphatic heterocycles. The molecule has 8 nitrogen and oxygen atoms in total. The lowest BCUT2D eigenvalue weighted by Crippen LogP contribution is -2.48. The van der Waals surface area contributed by atoms with E-state index < -0.39 is 23.4 Å². The Morgan fingerprint density at radius 1 is 1.36 bits per heavy atom. The number of para-hydroxylation sites is 1. The second-order valence-corrected chi connectivity index (χ2v) is 7.11. The van der Waals surface area contributed by atoms with Crippen molar-refractivity contribution in [1.82, 2.24) is 9.55 Å². The van der Waals surface area contributed by atoms with Crippen LogP contribution in [0, 0.1) is 0 Å². The topological polar surface area (TPSA) is 128 Å². The SMILES string of the molecule is CC[C@@]1(O)C(=O)OC(N)c2c1c(O)c1n(c2=O)Cc2cc3ccccc3nc2-1. The van der Waals surface area contributed by atoms with Crippen molar-refractivity contribution in [3.63, 3.8) is 0 Å². The van der Waals surface area contributed by atoms with Crippen LogP contribution in [0.25, 0.3) is 22.3 Å². The summed E-state index contributed by atoms with van der Waals surface area (Å²) in [4.78, 5) is 30.1. The summed E-state index contributed by atoms with van der Waals surface area (Å²) in [5, 5.41) is 22.9. The molecule has 1 aromatic carbocycles. The van der Waals surface area contributed by atoms with Crippen LogP contribution >= 0.6 is 0 Å². The van der Waals surface area contributed by atoms with Gasteiger partial charge in [-0.25, -0.2) is 9.78 Å². The van der Waals surface area contributed by atoms with Gasteiger partial charge in [-0.15, -0.1) is 0 Å². The van der Waals surface area contributed by atoms with E-state index in [0.717, 1.165) is 10.9 Å². The Bertz CT molecular complexity index is 1250. The first-order chi connectivity index (χ1) is 13.4. The second-order valence-electron chi connectivity index (χ2n) is 7.11. The lowest BCUT2D eigenvalue weighted by Gasteiger charge is -2.35. The highest BCUT2D eigenvalue weighted by molar-refractivity contribution is 5.89. The molecule has 0 fully saturated rings. The molecule has 142 valence electrons. The molecule has 0 radical (unpaired) electrons. The second kappa shape index (κ2) is 5.40. The van der Waals surface area contributed by atoms with Gasteiger partial charge in [0, 0.05) is 10.9 Å². The number of pyridine rings is 2. The number of aliphatic hydroxyl groups is 1. The van der Waals surface area contributed by atoms with Crippen molar-refractivity contribution >= 4 is 16.9 Å². The molecule has 5 rings (SSSR count). The fraction of sp³-hybridized carbons (Fsp3) is 0.250. The van der Waals surface area contributed by atoms with Crippen LogP contribution in [-0.2, 0) is 21.7 Å². The Labute approximate surface area is 158 Å². The fourth-order valence-electron chi connectivity index (χ4n) is 4.15. The van der Waals surface area contributed by atoms with Gasteiger partial charge in [0.15, 0.2) is 11.8 Å². The number of ether oxygens (including phenoxy) is 1. The van der Waals surface area contributed by atoms with Crippen LogP contribution in [0.15, 0.2) is 35.1 Å². The summed E-state index contributed by atoms with van der Waals surface area (Å²) in [7, 11) is 0. The monoisotopic (exact) mass is 379 g/mol. The van der Waals surface area contributed by atoms with Crippen LogP contribution in [-0.4, -0.2) is 25.7 Å². The van der Waals surface area contributed by atoms with E-state index in [0.29, 0.717) is 11.2 Å². The first kappa shape index (κ1) is 16.9. The number of carbonyl (C=O) groups excluding carboxylic acids is 1. The molecule has 2 atom stereocenters. The van der Waals surface area contributed by atoms with Gasteiger partial charge in [-0.05, 0) is 18.6 Å². The van der Waals surface area contributed by atoms with Crippen molar-refractivity contribution in [2.45, 2.75) is 31.7 Å². The van der Waals surface area contributed by atoms with Gasteiger partial charge in [0.05, 0.1) is 28.9 Å². The summed E-state index contributed by atoms with van der Waals surface area (Å²) in [5.74, 6) is -1.35. The maximum atomic E-state index is 13.2. The van der Waals surface area contributed by atoms with Crippen LogP contribution in [0.4, 0.5) is 0 Å². The van der Waals surface area contributed by atoms with Crippen LogP contribution in [0.2, 0.25) is 0 Å². The Morgan fingerprint density at radius 2 is 2.11 bits per heavy atom. The lowest BCUT2D eigenvalue weighted by molar-refractivity contribution is -0.178. The summed E-state index contributed by atoms with van der Waals surface area (Å²) in [6.07, 6.45) is -1.44. The number of carbonyl (C=O) groups is 1. The van der Waals surface area contributed by atoms with Crippen molar-refractivity contribution in [2.75, 3.05) is 0 Å². The maximum Gasteiger partial charge on any atom is 0.344 e. The van der Waals surface area contributed by atoms with Crippen molar-refractivity contribution in [1.29, 1.82) is 0 Å². The minimum atomic E-state index is -2.15. The first-order valence-electron chi connectivity index (χ1n) is 8.95. The number of aromatic hydroxyl groups is 1.